The van der Waals surface area contributed by atoms with Crippen molar-refractivity contribution in [3.63, 3.8) is 0 Å². The molecule has 0 aromatic carbocycles. The zero-order chi connectivity index (χ0) is 13.8. The smallest absolute Gasteiger partial charge is 0.441 e. The minimum atomic E-state index is -1.48. The number of nitrogens with one attached hydrogen (secondary N) is 1. The maximum Gasteiger partial charge on any atom is 0.441 e. The Bertz CT molecular complexity index is 315. The lowest BCUT2D eigenvalue weighted by Gasteiger charge is -2.29. The molecule has 104 valence electrons. The van der Waals surface area contributed by atoms with Crippen molar-refractivity contribution < 1.29 is 24.3 Å². The van der Waals surface area contributed by atoms with Crippen LogP contribution in [0.15, 0.2) is 0 Å². The SMILES string of the molecule is CC(C)(C)OC(=O)NOC(=O)C1(O)CCCCC1. The third-order valence-electron chi connectivity index (χ3n) is 2.69. The lowest BCUT2D eigenvalue weighted by Crippen LogP contribution is -2.45. The highest BCUT2D eigenvalue weighted by Gasteiger charge is 2.39. The largest absolute Gasteiger partial charge is 0.442 e. The van der Waals surface area contributed by atoms with Crippen molar-refractivity contribution in [1.29, 1.82) is 0 Å². The van der Waals surface area contributed by atoms with E-state index in [4.69, 9.17) is 4.74 Å². The van der Waals surface area contributed by atoms with E-state index in [9.17, 15) is 14.7 Å². The molecule has 1 aliphatic rings. The standard InChI is InChI=1S/C12H21NO5/c1-11(2,3)17-10(15)13-18-9(14)12(16)7-5-4-6-8-12/h16H,4-8H2,1-3H3,(H,13,15). The predicted molar refractivity (Wildman–Crippen MR) is 63.5 cm³/mol. The Kier molecular flexibility index (Phi) is 4.56. The van der Waals surface area contributed by atoms with Gasteiger partial charge in [0.1, 0.15) is 5.60 Å². The summed E-state index contributed by atoms with van der Waals surface area (Å²) in [5, 5.41) is 10.0. The molecule has 1 rings (SSSR count). The van der Waals surface area contributed by atoms with E-state index in [2.05, 4.69) is 4.84 Å². The van der Waals surface area contributed by atoms with E-state index in [1.165, 1.54) is 0 Å². The van der Waals surface area contributed by atoms with E-state index >= 15 is 0 Å². The van der Waals surface area contributed by atoms with Crippen LogP contribution >= 0.6 is 0 Å². The topological polar surface area (TPSA) is 84.9 Å². The maximum absolute atomic E-state index is 11.6. The molecular weight excluding hydrogens is 238 g/mol. The summed E-state index contributed by atoms with van der Waals surface area (Å²) in [6.07, 6.45) is 2.42. The molecule has 1 aliphatic carbocycles. The quantitative estimate of drug-likeness (QED) is 0.700. The van der Waals surface area contributed by atoms with Gasteiger partial charge in [0.2, 0.25) is 0 Å². The molecule has 0 bridgehead atoms. The zero-order valence-electron chi connectivity index (χ0n) is 11.1. The number of ether oxygens (including phenoxy) is 1. The van der Waals surface area contributed by atoms with Crippen LogP contribution in [0.4, 0.5) is 4.79 Å². The molecule has 6 nitrogen and oxygen atoms in total. The number of hydroxylamine groups is 1. The molecule has 1 fully saturated rings. The highest BCUT2D eigenvalue weighted by atomic mass is 16.7. The molecule has 0 atom stereocenters. The molecule has 0 aromatic rings. The average Bonchev–Trinajstić information content (AvgIpc) is 2.24. The Morgan fingerprint density at radius 1 is 1.17 bits per heavy atom. The molecule has 0 heterocycles. The Labute approximate surface area is 107 Å². The summed E-state index contributed by atoms with van der Waals surface area (Å²) in [4.78, 5) is 27.5. The number of hydrogen-bond acceptors (Lipinski definition) is 5. The van der Waals surface area contributed by atoms with E-state index in [0.29, 0.717) is 12.8 Å². The highest BCUT2D eigenvalue weighted by molar-refractivity contribution is 5.80. The first kappa shape index (κ1) is 14.8. The van der Waals surface area contributed by atoms with Crippen molar-refractivity contribution in [2.45, 2.75) is 64.1 Å². The van der Waals surface area contributed by atoms with Crippen LogP contribution in [0.1, 0.15) is 52.9 Å². The molecule has 0 spiro atoms. The molecule has 0 aliphatic heterocycles. The van der Waals surface area contributed by atoms with Crippen molar-refractivity contribution in [3.8, 4) is 0 Å². The highest BCUT2D eigenvalue weighted by Crippen LogP contribution is 2.28. The lowest BCUT2D eigenvalue weighted by atomic mass is 9.85. The van der Waals surface area contributed by atoms with Gasteiger partial charge >= 0.3 is 12.1 Å². The summed E-state index contributed by atoms with van der Waals surface area (Å²) in [6.45, 7) is 5.09. The number of carbonyl (C=O) groups is 2. The van der Waals surface area contributed by atoms with Gasteiger partial charge in [-0.05, 0) is 46.5 Å². The minimum absolute atomic E-state index is 0.363. The molecule has 6 heteroatoms. The lowest BCUT2D eigenvalue weighted by molar-refractivity contribution is -0.175. The molecule has 1 saturated carbocycles. The van der Waals surface area contributed by atoms with Gasteiger partial charge in [-0.2, -0.15) is 0 Å². The first-order valence-corrected chi connectivity index (χ1v) is 6.16. The second-order valence-corrected chi connectivity index (χ2v) is 5.59. The molecule has 18 heavy (non-hydrogen) atoms. The fourth-order valence-electron chi connectivity index (χ4n) is 1.82. The fourth-order valence-corrected chi connectivity index (χ4v) is 1.82. The van der Waals surface area contributed by atoms with Crippen LogP contribution in [0, 0.1) is 0 Å². The van der Waals surface area contributed by atoms with Crippen LogP contribution in [-0.4, -0.2) is 28.4 Å². The van der Waals surface area contributed by atoms with E-state index in [1.807, 2.05) is 5.48 Å². The first-order valence-electron chi connectivity index (χ1n) is 6.16. The van der Waals surface area contributed by atoms with E-state index < -0.39 is 23.3 Å². The predicted octanol–water partition coefficient (Wildman–Crippen LogP) is 1.66. The second kappa shape index (κ2) is 5.56. The first-order chi connectivity index (χ1) is 8.23. The van der Waals surface area contributed by atoms with Crippen molar-refractivity contribution >= 4 is 12.1 Å². The van der Waals surface area contributed by atoms with Crippen molar-refractivity contribution in [2.24, 2.45) is 0 Å². The average molecular weight is 259 g/mol. The van der Waals surface area contributed by atoms with Gasteiger partial charge in [-0.3, -0.25) is 0 Å². The number of aliphatic hydroxyl groups is 1. The number of amides is 1. The van der Waals surface area contributed by atoms with Crippen LogP contribution in [0.2, 0.25) is 0 Å². The van der Waals surface area contributed by atoms with Crippen LogP contribution in [-0.2, 0) is 14.4 Å². The Hall–Kier alpha value is -1.30. The molecule has 1 amide bonds. The molecular formula is C12H21NO5. The third kappa shape index (κ3) is 4.52. The molecule has 0 aromatic heterocycles. The fraction of sp³-hybridized carbons (Fsp3) is 0.833. The van der Waals surface area contributed by atoms with Crippen molar-refractivity contribution in [1.82, 2.24) is 5.48 Å². The van der Waals surface area contributed by atoms with Gasteiger partial charge in [-0.1, -0.05) is 6.42 Å². The van der Waals surface area contributed by atoms with Crippen LogP contribution < -0.4 is 5.48 Å². The van der Waals surface area contributed by atoms with Gasteiger partial charge in [0.05, 0.1) is 0 Å². The van der Waals surface area contributed by atoms with Crippen LogP contribution in [0.25, 0.3) is 0 Å². The van der Waals surface area contributed by atoms with Gasteiger partial charge in [-0.15, -0.1) is 5.48 Å². The summed E-state index contributed by atoms with van der Waals surface area (Å²) in [7, 11) is 0. The number of carbonyl (C=O) groups excluding carboxylic acids is 2. The Morgan fingerprint density at radius 2 is 1.72 bits per heavy atom. The Morgan fingerprint density at radius 3 is 2.22 bits per heavy atom. The summed E-state index contributed by atoms with van der Waals surface area (Å²) in [5.41, 5.74) is -0.257. The summed E-state index contributed by atoms with van der Waals surface area (Å²) in [6, 6.07) is 0. The van der Waals surface area contributed by atoms with Crippen molar-refractivity contribution in [2.75, 3.05) is 0 Å². The van der Waals surface area contributed by atoms with Gasteiger partial charge in [-0.25, -0.2) is 9.59 Å². The van der Waals surface area contributed by atoms with Gasteiger partial charge in [0.25, 0.3) is 0 Å². The molecule has 0 radical (unpaired) electrons. The maximum atomic E-state index is 11.6. The summed E-state index contributed by atoms with van der Waals surface area (Å²) in [5.74, 6) is -0.826. The van der Waals surface area contributed by atoms with Crippen molar-refractivity contribution in [3.05, 3.63) is 0 Å². The number of rotatable bonds is 1. The molecule has 0 saturated heterocycles. The van der Waals surface area contributed by atoms with Crippen LogP contribution in [0.3, 0.4) is 0 Å². The van der Waals surface area contributed by atoms with Gasteiger partial charge < -0.3 is 14.7 Å². The summed E-state index contributed by atoms with van der Waals surface area (Å²) < 4.78 is 4.90. The van der Waals surface area contributed by atoms with E-state index in [1.54, 1.807) is 20.8 Å². The van der Waals surface area contributed by atoms with Gasteiger partial charge in [0.15, 0.2) is 5.60 Å². The second-order valence-electron chi connectivity index (χ2n) is 5.59. The third-order valence-corrected chi connectivity index (χ3v) is 2.69. The van der Waals surface area contributed by atoms with E-state index in [0.717, 1.165) is 19.3 Å². The van der Waals surface area contributed by atoms with Crippen LogP contribution in [0.5, 0.6) is 0 Å². The summed E-state index contributed by atoms with van der Waals surface area (Å²) >= 11 is 0. The number of hydrogen-bond donors (Lipinski definition) is 2. The van der Waals surface area contributed by atoms with Gasteiger partial charge in [0, 0.05) is 0 Å². The minimum Gasteiger partial charge on any atom is -0.442 e. The zero-order valence-corrected chi connectivity index (χ0v) is 11.1. The Balaban J connectivity index is 2.39. The normalized spacial score (nSPS) is 18.9. The van der Waals surface area contributed by atoms with E-state index in [-0.39, 0.29) is 0 Å². The monoisotopic (exact) mass is 259 g/mol. The molecule has 2 N–H and O–H groups in total. The molecule has 0 unspecified atom stereocenters.